The zero-order valence-electron chi connectivity index (χ0n) is 9.54. The molecule has 0 aliphatic rings. The number of hydrogen-bond donors (Lipinski definition) is 0. The van der Waals surface area contributed by atoms with E-state index in [-0.39, 0.29) is 5.69 Å². The second-order valence-electron chi connectivity index (χ2n) is 3.71. The van der Waals surface area contributed by atoms with Crippen molar-refractivity contribution in [3.05, 3.63) is 52.2 Å². The molecule has 0 N–H and O–H groups in total. The molecule has 0 fully saturated rings. The van der Waals surface area contributed by atoms with E-state index in [1.54, 1.807) is 24.4 Å². The fourth-order valence-electron chi connectivity index (χ4n) is 1.75. The molecule has 2 aromatic rings. The maximum absolute atomic E-state index is 10.9. The van der Waals surface area contributed by atoms with Crippen molar-refractivity contribution in [3.8, 4) is 0 Å². The molecule has 1 aromatic carbocycles. The maximum Gasteiger partial charge on any atom is 0.278 e. The Hall–Kier alpha value is -1.94. The zero-order chi connectivity index (χ0) is 13.0. The third-order valence-electron chi connectivity index (χ3n) is 2.55. The fourth-order valence-corrected chi connectivity index (χ4v) is 1.87. The standard InChI is InChI=1S/C13H11ClN2O2/c14-8-2-1-4-10-6-7-12(16(17)18)11-5-3-9-15-13(10)11/h1,3-7,9H,2,8H2. The van der Waals surface area contributed by atoms with Crippen LogP contribution < -0.4 is 0 Å². The molecule has 0 unspecified atom stereocenters. The minimum atomic E-state index is -0.393. The summed E-state index contributed by atoms with van der Waals surface area (Å²) in [5, 5.41) is 11.5. The van der Waals surface area contributed by atoms with Crippen molar-refractivity contribution in [2.24, 2.45) is 0 Å². The SMILES string of the molecule is O=[N+]([O-])c1ccc(C=CCCCl)c2ncccc12. The van der Waals surface area contributed by atoms with E-state index in [4.69, 9.17) is 11.6 Å². The molecule has 18 heavy (non-hydrogen) atoms. The summed E-state index contributed by atoms with van der Waals surface area (Å²) in [6.07, 6.45) is 6.21. The molecule has 0 saturated carbocycles. The number of benzene rings is 1. The highest BCUT2D eigenvalue weighted by Gasteiger charge is 2.13. The van der Waals surface area contributed by atoms with Crippen molar-refractivity contribution in [2.75, 3.05) is 5.88 Å². The molecule has 5 heteroatoms. The van der Waals surface area contributed by atoms with Gasteiger partial charge >= 0.3 is 0 Å². The molecule has 0 aliphatic heterocycles. The minimum Gasteiger partial charge on any atom is -0.258 e. The highest BCUT2D eigenvalue weighted by molar-refractivity contribution is 6.17. The van der Waals surface area contributed by atoms with Crippen molar-refractivity contribution in [1.29, 1.82) is 0 Å². The number of non-ortho nitro benzene ring substituents is 1. The number of pyridine rings is 1. The number of nitrogens with zero attached hydrogens (tertiary/aromatic N) is 2. The van der Waals surface area contributed by atoms with E-state index < -0.39 is 4.92 Å². The van der Waals surface area contributed by atoms with Gasteiger partial charge in [0.2, 0.25) is 0 Å². The lowest BCUT2D eigenvalue weighted by Crippen LogP contribution is -1.92. The molecular weight excluding hydrogens is 252 g/mol. The molecule has 0 radical (unpaired) electrons. The first-order valence-corrected chi connectivity index (χ1v) is 6.02. The monoisotopic (exact) mass is 262 g/mol. The first kappa shape index (κ1) is 12.5. The first-order valence-electron chi connectivity index (χ1n) is 5.48. The molecule has 0 spiro atoms. The predicted molar refractivity (Wildman–Crippen MR) is 72.8 cm³/mol. The Bertz CT molecular complexity index is 611. The van der Waals surface area contributed by atoms with Crippen LogP contribution in [-0.2, 0) is 0 Å². The van der Waals surface area contributed by atoms with Crippen molar-refractivity contribution < 1.29 is 4.92 Å². The van der Waals surface area contributed by atoms with Crippen LogP contribution in [0.1, 0.15) is 12.0 Å². The third kappa shape index (κ3) is 2.49. The van der Waals surface area contributed by atoms with E-state index in [9.17, 15) is 10.1 Å². The lowest BCUT2D eigenvalue weighted by atomic mass is 10.1. The van der Waals surface area contributed by atoms with E-state index in [2.05, 4.69) is 4.98 Å². The van der Waals surface area contributed by atoms with Gasteiger partial charge in [-0.25, -0.2) is 0 Å². The van der Waals surface area contributed by atoms with E-state index in [0.29, 0.717) is 16.8 Å². The Kier molecular flexibility index (Phi) is 3.89. The van der Waals surface area contributed by atoms with Gasteiger partial charge in [-0.1, -0.05) is 12.2 Å². The smallest absolute Gasteiger partial charge is 0.258 e. The lowest BCUT2D eigenvalue weighted by Gasteiger charge is -2.02. The van der Waals surface area contributed by atoms with Crippen LogP contribution in [0.3, 0.4) is 0 Å². The second-order valence-corrected chi connectivity index (χ2v) is 4.09. The van der Waals surface area contributed by atoms with Gasteiger partial charge in [0, 0.05) is 23.7 Å². The summed E-state index contributed by atoms with van der Waals surface area (Å²) in [5.41, 5.74) is 1.58. The Morgan fingerprint density at radius 2 is 2.22 bits per heavy atom. The zero-order valence-corrected chi connectivity index (χ0v) is 10.3. The summed E-state index contributed by atoms with van der Waals surface area (Å²) in [4.78, 5) is 14.8. The number of nitro groups is 1. The third-order valence-corrected chi connectivity index (χ3v) is 2.77. The van der Waals surface area contributed by atoms with Crippen LogP contribution in [0.2, 0.25) is 0 Å². The molecule has 0 atom stereocenters. The van der Waals surface area contributed by atoms with Gasteiger partial charge in [-0.05, 0) is 24.6 Å². The van der Waals surface area contributed by atoms with Crippen LogP contribution in [0, 0.1) is 10.1 Å². The van der Waals surface area contributed by atoms with Crippen LogP contribution in [0.25, 0.3) is 17.0 Å². The van der Waals surface area contributed by atoms with Crippen LogP contribution in [0.4, 0.5) is 5.69 Å². The summed E-state index contributed by atoms with van der Waals surface area (Å²) in [7, 11) is 0. The Morgan fingerprint density at radius 1 is 1.39 bits per heavy atom. The second kappa shape index (κ2) is 5.60. The quantitative estimate of drug-likeness (QED) is 0.479. The van der Waals surface area contributed by atoms with Gasteiger partial charge < -0.3 is 0 Å². The summed E-state index contributed by atoms with van der Waals surface area (Å²) in [6, 6.07) is 6.61. The predicted octanol–water partition coefficient (Wildman–Crippen LogP) is 3.79. The number of allylic oxidation sites excluding steroid dienone is 1. The van der Waals surface area contributed by atoms with Crippen molar-refractivity contribution in [1.82, 2.24) is 4.98 Å². The Balaban J connectivity index is 2.57. The molecule has 4 nitrogen and oxygen atoms in total. The van der Waals surface area contributed by atoms with Gasteiger partial charge in [0.15, 0.2) is 0 Å². The van der Waals surface area contributed by atoms with Crippen LogP contribution in [-0.4, -0.2) is 15.8 Å². The van der Waals surface area contributed by atoms with Crippen molar-refractivity contribution >= 4 is 34.3 Å². The fraction of sp³-hybridized carbons (Fsp3) is 0.154. The summed E-state index contributed by atoms with van der Waals surface area (Å²) in [5.74, 6) is 0.550. The minimum absolute atomic E-state index is 0.0765. The number of aromatic nitrogens is 1. The number of nitro benzene ring substituents is 1. The number of fused-ring (bicyclic) bond motifs is 1. The van der Waals surface area contributed by atoms with Crippen molar-refractivity contribution in [2.45, 2.75) is 6.42 Å². The summed E-state index contributed by atoms with van der Waals surface area (Å²) in [6.45, 7) is 0. The lowest BCUT2D eigenvalue weighted by molar-refractivity contribution is -0.383. The topological polar surface area (TPSA) is 56.0 Å². The molecule has 0 bridgehead atoms. The molecule has 0 amide bonds. The molecule has 0 saturated heterocycles. The largest absolute Gasteiger partial charge is 0.278 e. The van der Waals surface area contributed by atoms with E-state index in [1.165, 1.54) is 6.07 Å². The van der Waals surface area contributed by atoms with E-state index in [1.807, 2.05) is 12.2 Å². The Labute approximate surface area is 109 Å². The maximum atomic E-state index is 10.9. The Morgan fingerprint density at radius 3 is 2.94 bits per heavy atom. The number of hydrogen-bond acceptors (Lipinski definition) is 3. The average molecular weight is 263 g/mol. The van der Waals surface area contributed by atoms with Crippen LogP contribution in [0.5, 0.6) is 0 Å². The number of rotatable bonds is 4. The molecule has 2 rings (SSSR count). The molecule has 1 heterocycles. The van der Waals surface area contributed by atoms with Gasteiger partial charge in [0.25, 0.3) is 5.69 Å². The first-order chi connectivity index (χ1) is 8.74. The highest BCUT2D eigenvalue weighted by atomic mass is 35.5. The highest BCUT2D eigenvalue weighted by Crippen LogP contribution is 2.27. The number of alkyl halides is 1. The molecule has 1 aromatic heterocycles. The molecular formula is C13H11ClN2O2. The molecule has 0 aliphatic carbocycles. The van der Waals surface area contributed by atoms with Gasteiger partial charge in [-0.2, -0.15) is 0 Å². The van der Waals surface area contributed by atoms with Gasteiger partial charge in [0.1, 0.15) is 0 Å². The molecule has 92 valence electrons. The normalized spacial score (nSPS) is 11.2. The van der Waals surface area contributed by atoms with Gasteiger partial charge in [0.05, 0.1) is 15.8 Å². The van der Waals surface area contributed by atoms with Crippen LogP contribution >= 0.6 is 11.6 Å². The van der Waals surface area contributed by atoms with Gasteiger partial charge in [-0.3, -0.25) is 15.1 Å². The van der Waals surface area contributed by atoms with Gasteiger partial charge in [-0.15, -0.1) is 11.6 Å². The van der Waals surface area contributed by atoms with E-state index >= 15 is 0 Å². The van der Waals surface area contributed by atoms with Crippen LogP contribution in [0.15, 0.2) is 36.5 Å². The number of halogens is 1. The average Bonchev–Trinajstić information content (AvgIpc) is 2.38. The summed E-state index contributed by atoms with van der Waals surface area (Å²) < 4.78 is 0. The summed E-state index contributed by atoms with van der Waals surface area (Å²) >= 11 is 5.60. The van der Waals surface area contributed by atoms with Crippen molar-refractivity contribution in [3.63, 3.8) is 0 Å². The van der Waals surface area contributed by atoms with E-state index in [0.717, 1.165) is 12.0 Å².